The minimum atomic E-state index is -0.424. The Kier molecular flexibility index (Phi) is 5.09. The summed E-state index contributed by atoms with van der Waals surface area (Å²) in [5.41, 5.74) is 1.34. The first-order valence-electron chi connectivity index (χ1n) is 9.41. The molecule has 0 radical (unpaired) electrons. The summed E-state index contributed by atoms with van der Waals surface area (Å²) in [4.78, 5) is 29.6. The Morgan fingerprint density at radius 1 is 1.00 bits per heavy atom. The predicted octanol–water partition coefficient (Wildman–Crippen LogP) is 3.67. The van der Waals surface area contributed by atoms with Crippen LogP contribution < -0.4 is 15.7 Å². The molecule has 6 nitrogen and oxygen atoms in total. The average Bonchev–Trinajstić information content (AvgIpc) is 3.35. The minimum Gasteiger partial charge on any atom is -0.457 e. The molecule has 3 heterocycles. The van der Waals surface area contributed by atoms with Crippen LogP contribution in [0.15, 0.2) is 85.2 Å². The molecular weight excluding hydrogens is 478 g/mol. The monoisotopic (exact) mass is 491 g/mol. The van der Waals surface area contributed by atoms with Crippen LogP contribution in [-0.2, 0) is 6.42 Å². The molecule has 0 bridgehead atoms. The molecule has 0 saturated heterocycles. The van der Waals surface area contributed by atoms with Crippen molar-refractivity contribution in [2.75, 3.05) is 0 Å². The van der Waals surface area contributed by atoms with Crippen LogP contribution in [0.25, 0.3) is 22.4 Å². The lowest BCUT2D eigenvalue weighted by Crippen LogP contribution is -2.28. The third-order valence-corrected chi connectivity index (χ3v) is 6.18. The standard InChI is InChI=1S/C23H14BrN3O3S/c24-16-8-6-15(7-9-16)19-11-10-17(30-19)13-20-22(29)27-23(31-20)25-21(28)18(26-27)12-14-4-2-1-3-5-14/h1-11,13H,12H2. The summed E-state index contributed by atoms with van der Waals surface area (Å²) in [6.45, 7) is 0. The van der Waals surface area contributed by atoms with Crippen LogP contribution in [0.5, 0.6) is 0 Å². The SMILES string of the molecule is O=c1nc2sc(=Cc3ccc(-c4ccc(Br)cc4)o3)c(=O)n2nc1Cc1ccccc1. The highest BCUT2D eigenvalue weighted by molar-refractivity contribution is 9.10. The third kappa shape index (κ3) is 3.99. The molecule has 5 rings (SSSR count). The van der Waals surface area contributed by atoms with E-state index >= 15 is 0 Å². The second-order valence-corrected chi connectivity index (χ2v) is 8.77. The van der Waals surface area contributed by atoms with Gasteiger partial charge in [-0.05, 0) is 29.8 Å². The molecule has 152 valence electrons. The lowest BCUT2D eigenvalue weighted by atomic mass is 10.1. The summed E-state index contributed by atoms with van der Waals surface area (Å²) in [6.07, 6.45) is 1.96. The number of benzene rings is 2. The molecule has 0 unspecified atom stereocenters. The predicted molar refractivity (Wildman–Crippen MR) is 123 cm³/mol. The fraction of sp³-hybridized carbons (Fsp3) is 0.0435. The van der Waals surface area contributed by atoms with Crippen LogP contribution >= 0.6 is 27.3 Å². The van der Waals surface area contributed by atoms with E-state index in [0.717, 1.165) is 26.9 Å². The highest BCUT2D eigenvalue weighted by atomic mass is 79.9. The molecule has 0 aliphatic carbocycles. The molecule has 0 spiro atoms. The summed E-state index contributed by atoms with van der Waals surface area (Å²) in [5, 5.41) is 4.28. The molecule has 0 amide bonds. The Bertz CT molecular complexity index is 1550. The van der Waals surface area contributed by atoms with Gasteiger partial charge in [0, 0.05) is 22.5 Å². The number of thiazole rings is 1. The van der Waals surface area contributed by atoms with Crippen LogP contribution in [0, 0.1) is 0 Å². The third-order valence-electron chi connectivity index (χ3n) is 4.69. The Morgan fingerprint density at radius 2 is 1.77 bits per heavy atom. The summed E-state index contributed by atoms with van der Waals surface area (Å²) < 4.78 is 8.45. The number of furan rings is 1. The smallest absolute Gasteiger partial charge is 0.296 e. The minimum absolute atomic E-state index is 0.237. The first-order chi connectivity index (χ1) is 15.1. The Hall–Kier alpha value is -3.36. The van der Waals surface area contributed by atoms with Gasteiger partial charge in [-0.1, -0.05) is 69.7 Å². The molecule has 2 aromatic carbocycles. The van der Waals surface area contributed by atoms with E-state index in [0.29, 0.717) is 22.5 Å². The van der Waals surface area contributed by atoms with Crippen molar-refractivity contribution >= 4 is 38.3 Å². The lowest BCUT2D eigenvalue weighted by molar-refractivity contribution is 0.571. The van der Waals surface area contributed by atoms with Gasteiger partial charge in [0.2, 0.25) is 4.96 Å². The van der Waals surface area contributed by atoms with E-state index in [1.165, 1.54) is 4.52 Å². The molecule has 8 heteroatoms. The van der Waals surface area contributed by atoms with Crippen molar-refractivity contribution in [3.8, 4) is 11.3 Å². The van der Waals surface area contributed by atoms with E-state index in [2.05, 4.69) is 26.0 Å². The highest BCUT2D eigenvalue weighted by Crippen LogP contribution is 2.24. The Labute approximate surface area is 188 Å². The summed E-state index contributed by atoms with van der Waals surface area (Å²) in [6, 6.07) is 20.9. The van der Waals surface area contributed by atoms with Gasteiger partial charge in [0.05, 0.1) is 0 Å². The number of nitrogens with zero attached hydrogens (tertiary/aromatic N) is 3. The van der Waals surface area contributed by atoms with Gasteiger partial charge in [-0.25, -0.2) is 0 Å². The quantitative estimate of drug-likeness (QED) is 0.383. The van der Waals surface area contributed by atoms with E-state index in [1.54, 1.807) is 12.1 Å². The van der Waals surface area contributed by atoms with Crippen LogP contribution in [0.2, 0.25) is 0 Å². The highest BCUT2D eigenvalue weighted by Gasteiger charge is 2.12. The van der Waals surface area contributed by atoms with Gasteiger partial charge >= 0.3 is 0 Å². The fourth-order valence-electron chi connectivity index (χ4n) is 3.17. The van der Waals surface area contributed by atoms with Crippen molar-refractivity contribution in [3.63, 3.8) is 0 Å². The summed E-state index contributed by atoms with van der Waals surface area (Å²) in [5.74, 6) is 1.23. The molecule has 0 atom stereocenters. The lowest BCUT2D eigenvalue weighted by Gasteiger charge is -1.99. The van der Waals surface area contributed by atoms with Gasteiger partial charge in [0.15, 0.2) is 0 Å². The largest absolute Gasteiger partial charge is 0.457 e. The topological polar surface area (TPSA) is 77.5 Å². The summed E-state index contributed by atoms with van der Waals surface area (Å²) >= 11 is 4.52. The van der Waals surface area contributed by atoms with E-state index in [9.17, 15) is 9.59 Å². The number of hydrogen-bond donors (Lipinski definition) is 0. The van der Waals surface area contributed by atoms with Crippen molar-refractivity contribution in [2.45, 2.75) is 6.42 Å². The van der Waals surface area contributed by atoms with E-state index in [-0.39, 0.29) is 16.2 Å². The van der Waals surface area contributed by atoms with Gasteiger partial charge in [-0.2, -0.15) is 14.6 Å². The first-order valence-corrected chi connectivity index (χ1v) is 11.0. The van der Waals surface area contributed by atoms with Gasteiger partial charge in [-0.3, -0.25) is 9.59 Å². The van der Waals surface area contributed by atoms with E-state index in [4.69, 9.17) is 4.42 Å². The van der Waals surface area contributed by atoms with Crippen molar-refractivity contribution in [1.82, 2.24) is 14.6 Å². The maximum Gasteiger partial charge on any atom is 0.296 e. The van der Waals surface area contributed by atoms with Gasteiger partial charge in [0.25, 0.3) is 11.1 Å². The average molecular weight is 492 g/mol. The van der Waals surface area contributed by atoms with Crippen LogP contribution in [-0.4, -0.2) is 14.6 Å². The van der Waals surface area contributed by atoms with Gasteiger partial charge in [0.1, 0.15) is 21.7 Å². The number of halogens is 1. The van der Waals surface area contributed by atoms with Crippen LogP contribution in [0.3, 0.4) is 0 Å². The van der Waals surface area contributed by atoms with Gasteiger partial charge in [-0.15, -0.1) is 0 Å². The van der Waals surface area contributed by atoms with E-state index in [1.807, 2.05) is 60.7 Å². The molecule has 31 heavy (non-hydrogen) atoms. The maximum atomic E-state index is 12.9. The molecule has 0 fully saturated rings. The molecule has 0 N–H and O–H groups in total. The molecule has 3 aromatic heterocycles. The second-order valence-electron chi connectivity index (χ2n) is 6.85. The first kappa shape index (κ1) is 19.6. The number of hydrogen-bond acceptors (Lipinski definition) is 6. The molecule has 5 aromatic rings. The number of rotatable bonds is 4. The zero-order chi connectivity index (χ0) is 21.4. The molecule has 0 saturated carbocycles. The number of fused-ring (bicyclic) bond motifs is 1. The maximum absolute atomic E-state index is 12.9. The van der Waals surface area contributed by atoms with Crippen molar-refractivity contribution in [3.05, 3.63) is 113 Å². The molecule has 0 aliphatic rings. The van der Waals surface area contributed by atoms with Crippen LogP contribution in [0.1, 0.15) is 17.0 Å². The second kappa shape index (κ2) is 8.05. The fourth-order valence-corrected chi connectivity index (χ4v) is 4.32. The zero-order valence-electron chi connectivity index (χ0n) is 16.0. The normalized spacial score (nSPS) is 12.0. The van der Waals surface area contributed by atoms with Crippen molar-refractivity contribution in [1.29, 1.82) is 0 Å². The molecule has 0 aliphatic heterocycles. The number of aromatic nitrogens is 3. The summed E-state index contributed by atoms with van der Waals surface area (Å²) in [7, 11) is 0. The Morgan fingerprint density at radius 3 is 2.55 bits per heavy atom. The molecular formula is C23H14BrN3O3S. The van der Waals surface area contributed by atoms with Gasteiger partial charge < -0.3 is 4.42 Å². The van der Waals surface area contributed by atoms with Crippen LogP contribution in [0.4, 0.5) is 0 Å². The van der Waals surface area contributed by atoms with E-state index < -0.39 is 5.56 Å². The van der Waals surface area contributed by atoms with Crippen molar-refractivity contribution < 1.29 is 4.42 Å². The van der Waals surface area contributed by atoms with Crippen molar-refractivity contribution in [2.24, 2.45) is 0 Å². The Balaban J connectivity index is 1.53. The zero-order valence-corrected chi connectivity index (χ0v) is 18.4.